The highest BCUT2D eigenvalue weighted by molar-refractivity contribution is 5.95. The first-order chi connectivity index (χ1) is 38.6. The van der Waals surface area contributed by atoms with Crippen molar-refractivity contribution in [3.05, 3.63) is 97.6 Å². The molecule has 1 saturated heterocycles. The number of benzene rings is 2. The largest absolute Gasteiger partial charge is 0.458 e. The molecule has 9 atom stereocenters. The van der Waals surface area contributed by atoms with E-state index < -0.39 is 134 Å². The molecule has 13 N–H and O–H groups in total. The van der Waals surface area contributed by atoms with Gasteiger partial charge in [0.05, 0.1) is 67.8 Å². The normalized spacial score (nSPS) is 22.3. The van der Waals surface area contributed by atoms with Crippen molar-refractivity contribution in [1.29, 1.82) is 0 Å². The fraction of sp³-hybridized carbons (Fsp3) is 0.509. The van der Waals surface area contributed by atoms with Crippen LogP contribution in [0.5, 0.6) is 0 Å². The molecule has 26 heteroatoms. The molecule has 4 aliphatic rings. The molecule has 436 valence electrons. The van der Waals surface area contributed by atoms with E-state index in [2.05, 4.69) is 21.3 Å². The lowest BCUT2D eigenvalue weighted by atomic mass is 9.76. The molecule has 25 nitrogen and oxygen atoms in total. The van der Waals surface area contributed by atoms with Crippen molar-refractivity contribution in [2.45, 2.75) is 132 Å². The van der Waals surface area contributed by atoms with Crippen LogP contribution in [0.4, 0.5) is 4.39 Å². The Kier molecular flexibility index (Phi) is 18.9. The number of pyridine rings is 2. The molecule has 0 spiro atoms. The lowest BCUT2D eigenvalue weighted by Gasteiger charge is -2.41. The molecule has 2 aromatic heterocycles. The number of aliphatic hydroxyl groups excluding tert-OH is 4. The van der Waals surface area contributed by atoms with Gasteiger partial charge >= 0.3 is 5.97 Å². The van der Waals surface area contributed by atoms with Crippen LogP contribution in [0.25, 0.3) is 22.3 Å². The Morgan fingerprint density at radius 2 is 1.69 bits per heavy atom. The third-order valence-corrected chi connectivity index (χ3v) is 15.6. The molecule has 8 rings (SSSR count). The summed E-state index contributed by atoms with van der Waals surface area (Å²) in [4.78, 5) is 110. The molecule has 1 unspecified atom stereocenters. The highest BCUT2D eigenvalue weighted by Crippen LogP contribution is 2.47. The summed E-state index contributed by atoms with van der Waals surface area (Å²) >= 11 is 0. The average Bonchev–Trinajstić information content (AvgIpc) is 4.10. The Bertz CT molecular complexity index is 3140. The zero-order valence-corrected chi connectivity index (χ0v) is 44.8. The van der Waals surface area contributed by atoms with Crippen LogP contribution in [0, 0.1) is 12.7 Å². The Labute approximate surface area is 463 Å². The summed E-state index contributed by atoms with van der Waals surface area (Å²) in [6, 6.07) is 9.07. The number of ether oxygens (including phenoxy) is 3. The summed E-state index contributed by atoms with van der Waals surface area (Å²) in [5.41, 5.74) is 14.3. The van der Waals surface area contributed by atoms with E-state index >= 15 is 4.39 Å². The zero-order chi connectivity index (χ0) is 58.4. The lowest BCUT2D eigenvalue weighted by Crippen LogP contribution is -2.62. The van der Waals surface area contributed by atoms with Gasteiger partial charge in [-0.3, -0.25) is 33.6 Å². The molecule has 1 aliphatic carbocycles. The molecule has 1 fully saturated rings. The SMILES string of the molecule is CC[C@@]1(O)C(=O)OCc2c1cc1n(c2=O)Cc2c-1nc1cc(F)c(C)c3c1c2C(CCCOCNC(=O)CNC(=O)[C@H](Cc1ccccc1)NC(=O)CNC(=O)CN(C[C@@H]1O[C@H](CO)[C@@H](O)[C@H](O)[C@H]1O)C(=O)[C@@H](N)CCC(N)=O)CC3. The first-order valence-electron chi connectivity index (χ1n) is 26.8. The minimum Gasteiger partial charge on any atom is -0.458 e. The molecular weight excluding hydrogens is 1060 g/mol. The van der Waals surface area contributed by atoms with Gasteiger partial charge in [0.15, 0.2) is 5.60 Å². The van der Waals surface area contributed by atoms with E-state index in [1.165, 1.54) is 6.07 Å². The van der Waals surface area contributed by atoms with Crippen LogP contribution in [-0.2, 0) is 79.4 Å². The van der Waals surface area contributed by atoms with Crippen molar-refractivity contribution in [2.75, 3.05) is 46.1 Å². The summed E-state index contributed by atoms with van der Waals surface area (Å²) in [5, 5.41) is 63.1. The Morgan fingerprint density at radius 3 is 2.41 bits per heavy atom. The summed E-state index contributed by atoms with van der Waals surface area (Å²) in [7, 11) is 0. The second kappa shape index (κ2) is 25.7. The van der Waals surface area contributed by atoms with Crippen molar-refractivity contribution in [1.82, 2.24) is 35.7 Å². The number of nitrogens with zero attached hydrogens (tertiary/aromatic N) is 3. The summed E-state index contributed by atoms with van der Waals surface area (Å²) in [6.45, 7) is -0.0241. The van der Waals surface area contributed by atoms with Crippen molar-refractivity contribution >= 4 is 52.3 Å². The van der Waals surface area contributed by atoms with Crippen LogP contribution in [-0.4, -0.2) is 170 Å². The van der Waals surface area contributed by atoms with Crippen LogP contribution in [0.1, 0.15) is 90.3 Å². The second-order valence-electron chi connectivity index (χ2n) is 20.8. The van der Waals surface area contributed by atoms with E-state index in [-0.39, 0.29) is 69.2 Å². The van der Waals surface area contributed by atoms with E-state index in [1.54, 1.807) is 54.8 Å². The maximum atomic E-state index is 15.4. The molecule has 4 aromatic rings. The molecule has 2 aromatic carbocycles. The van der Waals surface area contributed by atoms with E-state index in [4.69, 9.17) is 30.7 Å². The molecule has 3 aliphatic heterocycles. The summed E-state index contributed by atoms with van der Waals surface area (Å²) < 4.78 is 33.5. The number of hydrogen-bond donors (Lipinski definition) is 11. The maximum absolute atomic E-state index is 15.4. The number of halogens is 1. The first kappa shape index (κ1) is 59.8. The molecule has 0 bridgehead atoms. The lowest BCUT2D eigenvalue weighted by molar-refractivity contribution is -0.232. The van der Waals surface area contributed by atoms with Gasteiger partial charge in [-0.1, -0.05) is 37.3 Å². The van der Waals surface area contributed by atoms with Crippen molar-refractivity contribution in [3.63, 3.8) is 0 Å². The Balaban J connectivity index is 0.842. The molecule has 0 radical (unpaired) electrons. The highest BCUT2D eigenvalue weighted by Gasteiger charge is 2.47. The van der Waals surface area contributed by atoms with E-state index in [9.17, 15) is 63.9 Å². The van der Waals surface area contributed by atoms with Crippen molar-refractivity contribution < 1.29 is 77.7 Å². The van der Waals surface area contributed by atoms with Gasteiger partial charge in [0.25, 0.3) is 5.56 Å². The van der Waals surface area contributed by atoms with Gasteiger partial charge < -0.3 is 81.9 Å². The third kappa shape index (κ3) is 12.9. The number of carbonyl (C=O) groups is 7. The second-order valence-corrected chi connectivity index (χ2v) is 20.8. The topological polar surface area (TPSA) is 387 Å². The van der Waals surface area contributed by atoms with Crippen LogP contribution < -0.4 is 38.3 Å². The predicted molar refractivity (Wildman–Crippen MR) is 283 cm³/mol. The number of aryl methyl sites for hydroxylation is 1. The molecule has 6 amide bonds. The summed E-state index contributed by atoms with van der Waals surface area (Å²) in [5.74, 6) is -6.01. The fourth-order valence-electron chi connectivity index (χ4n) is 11.1. The zero-order valence-electron chi connectivity index (χ0n) is 44.8. The van der Waals surface area contributed by atoms with Crippen molar-refractivity contribution in [2.24, 2.45) is 11.5 Å². The number of carbonyl (C=O) groups excluding carboxylic acids is 7. The number of amides is 6. The fourth-order valence-corrected chi connectivity index (χ4v) is 11.1. The number of esters is 1. The van der Waals surface area contributed by atoms with Crippen molar-refractivity contribution in [3.8, 4) is 11.4 Å². The van der Waals surface area contributed by atoms with Gasteiger partial charge in [0.1, 0.15) is 55.7 Å². The van der Waals surface area contributed by atoms with Gasteiger partial charge in [-0.2, -0.15) is 0 Å². The van der Waals surface area contributed by atoms with E-state index in [0.29, 0.717) is 53.7 Å². The number of cyclic esters (lactones) is 1. The van der Waals surface area contributed by atoms with Crippen LogP contribution >= 0.6 is 0 Å². The Hall–Kier alpha value is -7.30. The number of fused-ring (bicyclic) bond motifs is 5. The molecular formula is C55H68FN9O16. The van der Waals surface area contributed by atoms with Crippen LogP contribution in [0.2, 0.25) is 0 Å². The van der Waals surface area contributed by atoms with Gasteiger partial charge in [-0.15, -0.1) is 0 Å². The number of hydrogen-bond acceptors (Lipinski definition) is 18. The average molecular weight is 1130 g/mol. The molecule has 81 heavy (non-hydrogen) atoms. The van der Waals surface area contributed by atoms with Gasteiger partial charge in [-0.25, -0.2) is 14.2 Å². The number of aliphatic hydroxyl groups is 5. The van der Waals surface area contributed by atoms with Gasteiger partial charge in [0, 0.05) is 42.0 Å². The quantitative estimate of drug-likeness (QED) is 0.0175. The van der Waals surface area contributed by atoms with Gasteiger partial charge in [-0.05, 0) is 79.7 Å². The maximum Gasteiger partial charge on any atom is 0.343 e. The molecule has 5 heterocycles. The standard InChI is InChI=1S/C55H68FN9O16/c1-3-55(78)33-17-38-47-31(21-65(38)52(75)32(33)25-80-54(55)77)45-29(11-12-30-27(2)34(56)18-36(63-47)46(30)45)10-7-15-79-26-61-42(68)19-60-51(74)37(16-28-8-5-4-6-9-28)62-43(69)20-59-44(70)23-64(53(76)35(57)13-14-41(58)67)22-39-48(71)50(73)49(72)40(24-66)81-39/h4-6,8-9,17-18,29,35,37,39-40,48-50,66,71-73,78H,3,7,10-16,19-26,57H2,1-2H3,(H2,58,67)(H,59,70)(H,60,74)(H,61,68)(H,62,69)/t29?,35-,37-,39-,40+,48-,49+,50+,55-/m0/s1. The smallest absolute Gasteiger partial charge is 0.343 e. The minimum absolute atomic E-state index is 0.0188. The molecule has 0 saturated carbocycles. The summed E-state index contributed by atoms with van der Waals surface area (Å²) in [6.07, 6.45) is -6.10. The number of rotatable bonds is 24. The monoisotopic (exact) mass is 1130 g/mol. The van der Waals surface area contributed by atoms with E-state index in [1.807, 2.05) is 0 Å². The number of aromatic nitrogens is 2. The van der Waals surface area contributed by atoms with Crippen LogP contribution in [0.3, 0.4) is 0 Å². The minimum atomic E-state index is -2.01. The predicted octanol–water partition coefficient (Wildman–Crippen LogP) is -2.35. The Morgan fingerprint density at radius 1 is 0.963 bits per heavy atom. The third-order valence-electron chi connectivity index (χ3n) is 15.6. The number of primary amides is 1. The first-order valence-corrected chi connectivity index (χ1v) is 26.8. The number of nitrogens with one attached hydrogen (secondary N) is 4. The van der Waals surface area contributed by atoms with E-state index in [0.717, 1.165) is 27.0 Å². The van der Waals surface area contributed by atoms with Gasteiger partial charge in [0.2, 0.25) is 35.4 Å². The highest BCUT2D eigenvalue weighted by atomic mass is 19.1. The number of nitrogens with two attached hydrogens (primary N) is 2. The van der Waals surface area contributed by atoms with Crippen LogP contribution in [0.15, 0.2) is 47.3 Å².